The van der Waals surface area contributed by atoms with Crippen LogP contribution in [0.5, 0.6) is 0 Å². The third-order valence-corrected chi connectivity index (χ3v) is 4.92. The van der Waals surface area contributed by atoms with Crippen molar-refractivity contribution in [1.82, 2.24) is 5.32 Å². The van der Waals surface area contributed by atoms with Gasteiger partial charge in [-0.05, 0) is 55.9 Å². The normalized spacial score (nSPS) is 11.7. The van der Waals surface area contributed by atoms with Crippen molar-refractivity contribution in [2.45, 2.75) is 53.0 Å². The van der Waals surface area contributed by atoms with Crippen molar-refractivity contribution in [1.29, 1.82) is 0 Å². The molecule has 0 spiro atoms. The van der Waals surface area contributed by atoms with E-state index in [9.17, 15) is 9.59 Å². The van der Waals surface area contributed by atoms with Crippen molar-refractivity contribution >= 4 is 23.0 Å². The van der Waals surface area contributed by atoms with E-state index in [4.69, 9.17) is 5.73 Å². The largest absolute Gasteiger partial charge is 0.398 e. The number of amides is 1. The van der Waals surface area contributed by atoms with Gasteiger partial charge >= 0.3 is 0 Å². The Morgan fingerprint density at radius 2 is 1.50 bits per heavy atom. The number of hydrogen-bond donors (Lipinski definition) is 2. The molecule has 148 valence electrons. The molecule has 0 saturated heterocycles. The number of carbonyl (C=O) groups excluding carboxylic acids is 2. The topological polar surface area (TPSA) is 72.2 Å². The van der Waals surface area contributed by atoms with Crippen LogP contribution in [0.25, 0.3) is 11.3 Å². The van der Waals surface area contributed by atoms with E-state index < -0.39 is 0 Å². The summed E-state index contributed by atoms with van der Waals surface area (Å²) in [4.78, 5) is 23.1. The first kappa shape index (κ1) is 21.4. The van der Waals surface area contributed by atoms with E-state index in [0.29, 0.717) is 19.4 Å². The maximum Gasteiger partial charge on any atom is 0.220 e. The van der Waals surface area contributed by atoms with Crippen molar-refractivity contribution in [3.8, 4) is 0 Å². The van der Waals surface area contributed by atoms with Crippen LogP contribution in [-0.2, 0) is 16.1 Å². The maximum absolute atomic E-state index is 12.1. The molecule has 0 fully saturated rings. The van der Waals surface area contributed by atoms with Crippen molar-refractivity contribution in [2.75, 3.05) is 0 Å². The summed E-state index contributed by atoms with van der Waals surface area (Å²) in [6, 6.07) is 16.1. The molecule has 0 atom stereocenters. The highest BCUT2D eigenvalue weighted by molar-refractivity contribution is 5.90. The molecule has 4 heteroatoms. The molecule has 0 aliphatic heterocycles. The summed E-state index contributed by atoms with van der Waals surface area (Å²) in [6.45, 7) is 6.10. The smallest absolute Gasteiger partial charge is 0.220 e. The molecular weight excluding hydrogens is 348 g/mol. The number of benzene rings is 2. The third-order valence-electron chi connectivity index (χ3n) is 4.92. The molecule has 28 heavy (non-hydrogen) atoms. The molecule has 4 nitrogen and oxygen atoms in total. The van der Waals surface area contributed by atoms with Gasteiger partial charge in [-0.1, -0.05) is 48.5 Å². The lowest BCUT2D eigenvalue weighted by Gasteiger charge is -2.15. The van der Waals surface area contributed by atoms with Crippen LogP contribution in [0.2, 0.25) is 0 Å². The summed E-state index contributed by atoms with van der Waals surface area (Å²) in [7, 11) is 0. The number of rotatable bonds is 9. The molecule has 0 unspecified atom stereocenters. The number of aryl methyl sites for hydroxylation is 1. The molecular formula is C24H30N2O2. The highest BCUT2D eigenvalue weighted by atomic mass is 16.1. The Kier molecular flexibility index (Phi) is 8.00. The average Bonchev–Trinajstić information content (AvgIpc) is 2.69. The second kappa shape index (κ2) is 10.5. The zero-order chi connectivity index (χ0) is 20.5. The van der Waals surface area contributed by atoms with Crippen LogP contribution in [0, 0.1) is 6.92 Å². The number of Topliss-reactive ketones (excluding diaryl/α,β-unsaturated/α-hetero) is 1. The SMILES string of the molecule is CC(=O)CCCCC(=O)NCc1ccccc1/C(C)=C(/N)c1ccccc1C. The van der Waals surface area contributed by atoms with Crippen LogP contribution in [0.4, 0.5) is 0 Å². The first-order valence-corrected chi connectivity index (χ1v) is 9.77. The van der Waals surface area contributed by atoms with Gasteiger partial charge in [0, 0.05) is 30.6 Å². The molecule has 0 aromatic heterocycles. The molecule has 0 aliphatic rings. The molecule has 2 aromatic rings. The van der Waals surface area contributed by atoms with Gasteiger partial charge in [0.2, 0.25) is 5.91 Å². The molecule has 0 heterocycles. The summed E-state index contributed by atoms with van der Waals surface area (Å²) in [6.07, 6.45) is 2.47. The number of nitrogens with one attached hydrogen (secondary N) is 1. The van der Waals surface area contributed by atoms with Crippen molar-refractivity contribution in [2.24, 2.45) is 5.73 Å². The predicted octanol–water partition coefficient (Wildman–Crippen LogP) is 4.61. The first-order valence-electron chi connectivity index (χ1n) is 9.77. The Morgan fingerprint density at radius 3 is 2.18 bits per heavy atom. The molecule has 0 bridgehead atoms. The van der Waals surface area contributed by atoms with Crippen molar-refractivity contribution < 1.29 is 9.59 Å². The van der Waals surface area contributed by atoms with Crippen LogP contribution in [0.15, 0.2) is 48.5 Å². The van der Waals surface area contributed by atoms with E-state index in [2.05, 4.69) is 5.32 Å². The Morgan fingerprint density at radius 1 is 0.893 bits per heavy atom. The summed E-state index contributed by atoms with van der Waals surface area (Å²) >= 11 is 0. The first-order chi connectivity index (χ1) is 13.4. The van der Waals surface area contributed by atoms with Gasteiger partial charge in [-0.2, -0.15) is 0 Å². The van der Waals surface area contributed by atoms with Gasteiger partial charge in [0.05, 0.1) is 0 Å². The van der Waals surface area contributed by atoms with Crippen LogP contribution in [0.1, 0.15) is 61.8 Å². The van der Waals surface area contributed by atoms with Gasteiger partial charge < -0.3 is 15.8 Å². The van der Waals surface area contributed by atoms with E-state index in [-0.39, 0.29) is 11.7 Å². The third kappa shape index (κ3) is 6.08. The Labute approximate surface area is 167 Å². The zero-order valence-electron chi connectivity index (χ0n) is 17.0. The Balaban J connectivity index is 2.08. The molecule has 0 aliphatic carbocycles. The van der Waals surface area contributed by atoms with Crippen molar-refractivity contribution in [3.05, 3.63) is 70.8 Å². The Bertz CT molecular complexity index is 868. The second-order valence-corrected chi connectivity index (χ2v) is 7.20. The number of carbonyl (C=O) groups is 2. The fourth-order valence-electron chi connectivity index (χ4n) is 3.20. The molecule has 2 rings (SSSR count). The average molecular weight is 379 g/mol. The van der Waals surface area contributed by atoms with Gasteiger partial charge in [0.15, 0.2) is 0 Å². The number of unbranched alkanes of at least 4 members (excludes halogenated alkanes) is 1. The van der Waals surface area contributed by atoms with Gasteiger partial charge in [-0.15, -0.1) is 0 Å². The van der Waals surface area contributed by atoms with Crippen LogP contribution < -0.4 is 11.1 Å². The minimum absolute atomic E-state index is 0.00636. The molecule has 0 saturated carbocycles. The number of allylic oxidation sites excluding steroid dienone is 1. The molecule has 0 radical (unpaired) electrons. The van der Waals surface area contributed by atoms with E-state index in [1.807, 2.05) is 62.4 Å². The predicted molar refractivity (Wildman–Crippen MR) is 115 cm³/mol. The summed E-state index contributed by atoms with van der Waals surface area (Å²) in [5, 5.41) is 2.99. The maximum atomic E-state index is 12.1. The van der Waals surface area contributed by atoms with Gasteiger partial charge in [0.25, 0.3) is 0 Å². The van der Waals surface area contributed by atoms with Crippen LogP contribution >= 0.6 is 0 Å². The summed E-state index contributed by atoms with van der Waals surface area (Å²) in [5.74, 6) is 0.176. The second-order valence-electron chi connectivity index (χ2n) is 7.20. The fourth-order valence-corrected chi connectivity index (χ4v) is 3.20. The quantitative estimate of drug-likeness (QED) is 0.494. The molecule has 3 N–H and O–H groups in total. The number of hydrogen-bond acceptors (Lipinski definition) is 3. The summed E-state index contributed by atoms with van der Waals surface area (Å²) in [5.41, 5.74) is 12.5. The molecule has 1 amide bonds. The highest BCUT2D eigenvalue weighted by Crippen LogP contribution is 2.26. The van der Waals surface area contributed by atoms with E-state index in [0.717, 1.165) is 46.4 Å². The van der Waals surface area contributed by atoms with Crippen LogP contribution in [-0.4, -0.2) is 11.7 Å². The summed E-state index contributed by atoms with van der Waals surface area (Å²) < 4.78 is 0. The monoisotopic (exact) mass is 378 g/mol. The zero-order valence-corrected chi connectivity index (χ0v) is 17.0. The van der Waals surface area contributed by atoms with E-state index in [1.54, 1.807) is 6.92 Å². The fraction of sp³-hybridized carbons (Fsp3) is 0.333. The lowest BCUT2D eigenvalue weighted by atomic mass is 9.95. The lowest BCUT2D eigenvalue weighted by Crippen LogP contribution is -2.23. The van der Waals surface area contributed by atoms with Gasteiger partial charge in [-0.3, -0.25) is 4.79 Å². The standard InChI is InChI=1S/C24H30N2O2/c1-17-10-4-7-13-21(17)24(25)19(3)22-14-8-6-12-20(22)16-26-23(28)15-9-5-11-18(2)27/h4,6-8,10,12-14H,5,9,11,15-16,25H2,1-3H3,(H,26,28)/b24-19+. The van der Waals surface area contributed by atoms with Crippen molar-refractivity contribution in [3.63, 3.8) is 0 Å². The minimum atomic E-state index is 0.00636. The van der Waals surface area contributed by atoms with E-state index in [1.165, 1.54) is 0 Å². The van der Waals surface area contributed by atoms with E-state index >= 15 is 0 Å². The van der Waals surface area contributed by atoms with Crippen LogP contribution in [0.3, 0.4) is 0 Å². The lowest BCUT2D eigenvalue weighted by molar-refractivity contribution is -0.122. The number of ketones is 1. The minimum Gasteiger partial charge on any atom is -0.398 e. The molecule has 2 aromatic carbocycles. The van der Waals surface area contributed by atoms with Gasteiger partial charge in [-0.25, -0.2) is 0 Å². The Hall–Kier alpha value is -2.88. The van der Waals surface area contributed by atoms with Gasteiger partial charge in [0.1, 0.15) is 5.78 Å². The highest BCUT2D eigenvalue weighted by Gasteiger charge is 2.11. The number of nitrogens with two attached hydrogens (primary N) is 1.